The van der Waals surface area contributed by atoms with Crippen molar-refractivity contribution in [1.82, 2.24) is 4.90 Å². The van der Waals surface area contributed by atoms with Gasteiger partial charge in [-0.25, -0.2) is 4.79 Å². The minimum Gasteiger partial charge on any atom is -0.423 e. The highest BCUT2D eigenvalue weighted by Crippen LogP contribution is 2.22. The van der Waals surface area contributed by atoms with Crippen LogP contribution in [0.3, 0.4) is 0 Å². The molecule has 1 heterocycles. The zero-order valence-corrected chi connectivity index (χ0v) is 11.6. The van der Waals surface area contributed by atoms with Crippen LogP contribution < -0.4 is 5.63 Å². The summed E-state index contributed by atoms with van der Waals surface area (Å²) in [6, 6.07) is 5.49. The Morgan fingerprint density at radius 3 is 2.58 bits per heavy atom. The first-order valence-electron chi connectivity index (χ1n) is 6.34. The number of aryl methyl sites for hydroxylation is 2. The highest BCUT2D eigenvalue weighted by molar-refractivity contribution is 5.81. The third-order valence-corrected chi connectivity index (χ3v) is 3.37. The number of nitrogens with zero attached hydrogens (tertiary/aromatic N) is 1. The minimum atomic E-state index is -0.330. The van der Waals surface area contributed by atoms with E-state index < -0.39 is 0 Å². The Kier molecular flexibility index (Phi) is 4.02. The molecule has 4 heteroatoms. The summed E-state index contributed by atoms with van der Waals surface area (Å²) >= 11 is 0. The summed E-state index contributed by atoms with van der Waals surface area (Å²) < 4.78 is 5.26. The van der Waals surface area contributed by atoms with Crippen molar-refractivity contribution >= 4 is 11.0 Å². The molecule has 0 bridgehead atoms. The van der Waals surface area contributed by atoms with Gasteiger partial charge in [0, 0.05) is 24.5 Å². The predicted molar refractivity (Wildman–Crippen MR) is 75.4 cm³/mol. The molecule has 0 saturated carbocycles. The summed E-state index contributed by atoms with van der Waals surface area (Å²) in [4.78, 5) is 13.6. The molecule has 1 aromatic heterocycles. The Bertz CT molecular complexity index is 646. The van der Waals surface area contributed by atoms with Crippen molar-refractivity contribution in [3.8, 4) is 0 Å². The van der Waals surface area contributed by atoms with Crippen LogP contribution in [0.5, 0.6) is 0 Å². The molecule has 0 fully saturated rings. The molecule has 0 radical (unpaired) electrons. The Labute approximate surface area is 112 Å². The van der Waals surface area contributed by atoms with Crippen LogP contribution in [-0.2, 0) is 6.54 Å². The van der Waals surface area contributed by atoms with E-state index in [4.69, 9.17) is 9.52 Å². The number of hydrogen-bond donors (Lipinski definition) is 1. The van der Waals surface area contributed by atoms with E-state index in [1.807, 2.05) is 31.9 Å². The van der Waals surface area contributed by atoms with Crippen molar-refractivity contribution in [2.75, 3.05) is 20.2 Å². The maximum absolute atomic E-state index is 11.6. The van der Waals surface area contributed by atoms with Gasteiger partial charge in [-0.15, -0.1) is 0 Å². The van der Waals surface area contributed by atoms with Crippen LogP contribution in [0.25, 0.3) is 11.0 Å². The van der Waals surface area contributed by atoms with Gasteiger partial charge in [-0.2, -0.15) is 0 Å². The molecule has 0 amide bonds. The molecular weight excluding hydrogens is 242 g/mol. The Morgan fingerprint density at radius 1 is 1.21 bits per heavy atom. The van der Waals surface area contributed by atoms with Gasteiger partial charge in [-0.05, 0) is 49.7 Å². The van der Waals surface area contributed by atoms with E-state index in [1.54, 1.807) is 0 Å². The molecular formula is C15H19NO3. The van der Waals surface area contributed by atoms with Gasteiger partial charge in [0.25, 0.3) is 0 Å². The lowest BCUT2D eigenvalue weighted by Crippen LogP contribution is -2.22. The van der Waals surface area contributed by atoms with Gasteiger partial charge >= 0.3 is 5.63 Å². The second-order valence-electron chi connectivity index (χ2n) is 4.98. The number of benzene rings is 1. The van der Waals surface area contributed by atoms with Crippen molar-refractivity contribution in [2.45, 2.75) is 20.4 Å². The van der Waals surface area contributed by atoms with Crippen LogP contribution in [0.1, 0.15) is 16.7 Å². The molecule has 0 aliphatic carbocycles. The van der Waals surface area contributed by atoms with Crippen molar-refractivity contribution in [2.24, 2.45) is 0 Å². The van der Waals surface area contributed by atoms with E-state index in [2.05, 4.69) is 6.07 Å². The molecule has 19 heavy (non-hydrogen) atoms. The lowest BCUT2D eigenvalue weighted by molar-refractivity contribution is 0.217. The smallest absolute Gasteiger partial charge is 0.336 e. The second kappa shape index (κ2) is 5.55. The monoisotopic (exact) mass is 261 g/mol. The van der Waals surface area contributed by atoms with Gasteiger partial charge in [-0.1, -0.05) is 0 Å². The molecule has 0 aliphatic rings. The molecule has 2 rings (SSSR count). The Hall–Kier alpha value is -1.65. The van der Waals surface area contributed by atoms with E-state index in [9.17, 15) is 4.79 Å². The predicted octanol–water partition coefficient (Wildman–Crippen LogP) is 1.83. The van der Waals surface area contributed by atoms with Crippen LogP contribution in [0.4, 0.5) is 0 Å². The number of hydrogen-bond acceptors (Lipinski definition) is 4. The second-order valence-corrected chi connectivity index (χ2v) is 4.98. The standard InChI is InChI=1S/C15H19NO3/c1-10-6-13-12(9-16(3)4-5-17)8-15(18)19-14(13)7-11(10)2/h6-8,17H,4-5,9H2,1-3H3. The van der Waals surface area contributed by atoms with E-state index >= 15 is 0 Å². The zero-order valence-electron chi connectivity index (χ0n) is 11.6. The first-order valence-corrected chi connectivity index (χ1v) is 6.34. The first-order chi connectivity index (χ1) is 9.01. The molecule has 2 aromatic rings. The fourth-order valence-electron chi connectivity index (χ4n) is 2.15. The molecule has 1 aromatic carbocycles. The molecule has 1 N–H and O–H groups in total. The lowest BCUT2D eigenvalue weighted by atomic mass is 10.0. The number of likely N-dealkylation sites (N-methyl/N-ethyl adjacent to an activating group) is 1. The first kappa shape index (κ1) is 13.8. The summed E-state index contributed by atoms with van der Waals surface area (Å²) in [6.07, 6.45) is 0. The van der Waals surface area contributed by atoms with E-state index in [0.717, 1.165) is 16.5 Å². The molecule has 102 valence electrons. The molecule has 0 spiro atoms. The van der Waals surface area contributed by atoms with E-state index in [-0.39, 0.29) is 12.2 Å². The van der Waals surface area contributed by atoms with Crippen LogP contribution in [0.15, 0.2) is 27.4 Å². The van der Waals surface area contributed by atoms with Crippen LogP contribution in [0, 0.1) is 13.8 Å². The normalized spacial score (nSPS) is 11.4. The Morgan fingerprint density at radius 2 is 1.89 bits per heavy atom. The number of rotatable bonds is 4. The quantitative estimate of drug-likeness (QED) is 0.853. The molecule has 0 aliphatic heterocycles. The Balaban J connectivity index is 2.53. The van der Waals surface area contributed by atoms with Crippen molar-refractivity contribution in [3.05, 3.63) is 45.3 Å². The fourth-order valence-corrected chi connectivity index (χ4v) is 2.15. The fraction of sp³-hybridized carbons (Fsp3) is 0.400. The summed E-state index contributed by atoms with van der Waals surface area (Å²) in [7, 11) is 1.91. The number of aliphatic hydroxyl groups excluding tert-OH is 1. The maximum atomic E-state index is 11.6. The van der Waals surface area contributed by atoms with Gasteiger partial charge < -0.3 is 9.52 Å². The topological polar surface area (TPSA) is 53.7 Å². The van der Waals surface area contributed by atoms with Gasteiger partial charge in [-0.3, -0.25) is 4.90 Å². The molecule has 0 atom stereocenters. The number of fused-ring (bicyclic) bond motifs is 1. The van der Waals surface area contributed by atoms with Crippen molar-refractivity contribution in [1.29, 1.82) is 0 Å². The van der Waals surface area contributed by atoms with Gasteiger partial charge in [0.15, 0.2) is 0 Å². The highest BCUT2D eigenvalue weighted by atomic mass is 16.4. The third-order valence-electron chi connectivity index (χ3n) is 3.37. The summed E-state index contributed by atoms with van der Waals surface area (Å²) in [5, 5.41) is 9.91. The molecule has 0 unspecified atom stereocenters. The van der Waals surface area contributed by atoms with Crippen LogP contribution >= 0.6 is 0 Å². The highest BCUT2D eigenvalue weighted by Gasteiger charge is 2.09. The van der Waals surface area contributed by atoms with Gasteiger partial charge in [0.05, 0.1) is 6.61 Å². The van der Waals surface area contributed by atoms with Gasteiger partial charge in [0.2, 0.25) is 0 Å². The zero-order chi connectivity index (χ0) is 14.0. The van der Waals surface area contributed by atoms with Crippen LogP contribution in [0.2, 0.25) is 0 Å². The van der Waals surface area contributed by atoms with E-state index in [0.29, 0.717) is 18.7 Å². The largest absolute Gasteiger partial charge is 0.423 e. The summed E-state index contributed by atoms with van der Waals surface area (Å²) in [5.41, 5.74) is 3.51. The average Bonchev–Trinajstić information content (AvgIpc) is 2.32. The summed E-state index contributed by atoms with van der Waals surface area (Å²) in [5.74, 6) is 0. The van der Waals surface area contributed by atoms with Gasteiger partial charge in [0.1, 0.15) is 5.58 Å². The van der Waals surface area contributed by atoms with Crippen molar-refractivity contribution < 1.29 is 9.52 Å². The maximum Gasteiger partial charge on any atom is 0.336 e. The SMILES string of the molecule is Cc1cc2oc(=O)cc(CN(C)CCO)c2cc1C. The molecule has 0 saturated heterocycles. The lowest BCUT2D eigenvalue weighted by Gasteiger charge is -2.16. The van der Waals surface area contributed by atoms with E-state index in [1.165, 1.54) is 11.6 Å². The van der Waals surface area contributed by atoms with Crippen LogP contribution in [-0.4, -0.2) is 30.2 Å². The number of aliphatic hydroxyl groups is 1. The molecule has 4 nitrogen and oxygen atoms in total. The summed E-state index contributed by atoms with van der Waals surface area (Å²) in [6.45, 7) is 5.34. The minimum absolute atomic E-state index is 0.105. The average molecular weight is 261 g/mol. The third kappa shape index (κ3) is 3.03. The van der Waals surface area contributed by atoms with Crippen molar-refractivity contribution in [3.63, 3.8) is 0 Å².